The Morgan fingerprint density at radius 1 is 1.34 bits per heavy atom. The first kappa shape index (κ1) is 20.6. The molecule has 12 heteroatoms. The number of alkyl halides is 2. The minimum absolute atomic E-state index is 0.0206. The first-order chi connectivity index (χ1) is 13.9. The maximum absolute atomic E-state index is 12.5. The Kier molecular flexibility index (Phi) is 6.32. The number of thioether (sulfide) groups is 1. The number of hydrogen-bond donors (Lipinski definition) is 2. The quantitative estimate of drug-likeness (QED) is 0.418. The number of carbonyl (C=O) groups excluding carboxylic acids is 1. The molecule has 1 aromatic carbocycles. The van der Waals surface area contributed by atoms with E-state index in [2.05, 4.69) is 25.4 Å². The third-order valence-electron chi connectivity index (χ3n) is 3.79. The molecule has 9 nitrogen and oxygen atoms in total. The Labute approximate surface area is 168 Å². The van der Waals surface area contributed by atoms with Gasteiger partial charge in [-0.2, -0.15) is 8.78 Å². The first-order valence-corrected chi connectivity index (χ1v) is 9.42. The normalized spacial score (nSPS) is 12.2. The van der Waals surface area contributed by atoms with Crippen molar-refractivity contribution in [2.24, 2.45) is 0 Å². The summed E-state index contributed by atoms with van der Waals surface area (Å²) in [6, 6.07) is 7.45. The van der Waals surface area contributed by atoms with Crippen LogP contribution >= 0.6 is 11.8 Å². The molecular formula is C17H18F2N6O3S. The topological polar surface area (TPSA) is 121 Å². The van der Waals surface area contributed by atoms with Crippen molar-refractivity contribution in [3.05, 3.63) is 36.1 Å². The Balaban J connectivity index is 1.71. The predicted octanol–water partition coefficient (Wildman–Crippen LogP) is 3.07. The molecule has 3 N–H and O–H groups in total. The fourth-order valence-corrected chi connectivity index (χ4v) is 3.30. The molecule has 0 fully saturated rings. The summed E-state index contributed by atoms with van der Waals surface area (Å²) < 4.78 is 35.0. The van der Waals surface area contributed by atoms with E-state index >= 15 is 0 Å². The molecule has 1 atom stereocenters. The number of halogens is 2. The van der Waals surface area contributed by atoms with Crippen LogP contribution in [0, 0.1) is 6.92 Å². The first-order valence-electron chi connectivity index (χ1n) is 8.54. The number of amides is 1. The van der Waals surface area contributed by atoms with Crippen molar-refractivity contribution in [3.63, 3.8) is 0 Å². The number of ether oxygens (including phenoxy) is 1. The van der Waals surface area contributed by atoms with Crippen LogP contribution in [0.1, 0.15) is 19.1 Å². The number of hydrogen-bond acceptors (Lipinski definition) is 8. The second kappa shape index (κ2) is 8.90. The van der Waals surface area contributed by atoms with Crippen LogP contribution in [0.3, 0.4) is 0 Å². The Hall–Kier alpha value is -3.15. The molecule has 0 aliphatic rings. The minimum Gasteiger partial charge on any atom is -0.435 e. The van der Waals surface area contributed by atoms with Gasteiger partial charge in [0.1, 0.15) is 11.5 Å². The van der Waals surface area contributed by atoms with Crippen molar-refractivity contribution in [3.8, 4) is 17.1 Å². The van der Waals surface area contributed by atoms with Crippen LogP contribution in [0.4, 0.5) is 14.6 Å². The lowest BCUT2D eigenvalue weighted by molar-refractivity contribution is -0.115. The lowest BCUT2D eigenvalue weighted by Crippen LogP contribution is -2.25. The Bertz CT molecular complexity index is 976. The van der Waals surface area contributed by atoms with Crippen molar-refractivity contribution >= 4 is 23.5 Å². The summed E-state index contributed by atoms with van der Waals surface area (Å²) in [5, 5.41) is 14.3. The molecule has 2 aromatic heterocycles. The molecule has 1 amide bonds. The number of anilines is 1. The van der Waals surface area contributed by atoms with E-state index in [1.165, 1.54) is 28.9 Å². The molecule has 0 saturated heterocycles. The van der Waals surface area contributed by atoms with Crippen LogP contribution in [0.2, 0.25) is 0 Å². The van der Waals surface area contributed by atoms with Crippen LogP contribution in [0.15, 0.2) is 40.0 Å². The lowest BCUT2D eigenvalue weighted by Gasteiger charge is -2.12. The van der Waals surface area contributed by atoms with E-state index in [0.29, 0.717) is 34.5 Å². The number of aryl methyl sites for hydroxylation is 1. The van der Waals surface area contributed by atoms with Crippen LogP contribution in [-0.2, 0) is 4.79 Å². The summed E-state index contributed by atoms with van der Waals surface area (Å²) >= 11 is 1.15. The van der Waals surface area contributed by atoms with Gasteiger partial charge < -0.3 is 20.4 Å². The van der Waals surface area contributed by atoms with E-state index in [4.69, 9.17) is 10.4 Å². The van der Waals surface area contributed by atoms with Crippen LogP contribution in [0.5, 0.6) is 5.75 Å². The van der Waals surface area contributed by atoms with E-state index in [0.717, 1.165) is 11.8 Å². The summed E-state index contributed by atoms with van der Waals surface area (Å²) in [5.74, 6) is 7.05. The molecule has 0 aliphatic heterocycles. The van der Waals surface area contributed by atoms with E-state index in [9.17, 15) is 13.6 Å². The average molecular weight is 424 g/mol. The van der Waals surface area contributed by atoms with E-state index in [-0.39, 0.29) is 11.7 Å². The molecule has 0 aliphatic carbocycles. The number of nitrogen functional groups attached to an aromatic ring is 1. The molecular weight excluding hydrogens is 406 g/mol. The number of carbonyl (C=O) groups is 1. The molecule has 0 spiro atoms. The summed E-state index contributed by atoms with van der Waals surface area (Å²) in [7, 11) is 0. The highest BCUT2D eigenvalue weighted by atomic mass is 32.2. The van der Waals surface area contributed by atoms with Gasteiger partial charge in [0.2, 0.25) is 11.1 Å². The van der Waals surface area contributed by atoms with E-state index in [1.807, 2.05) is 6.92 Å². The van der Waals surface area contributed by atoms with Gasteiger partial charge in [-0.3, -0.25) is 4.79 Å². The van der Waals surface area contributed by atoms with Crippen molar-refractivity contribution in [2.45, 2.75) is 37.3 Å². The average Bonchev–Trinajstić information content (AvgIpc) is 3.25. The highest BCUT2D eigenvalue weighted by Crippen LogP contribution is 2.28. The van der Waals surface area contributed by atoms with Gasteiger partial charge in [-0.15, -0.1) is 10.2 Å². The number of nitrogens with zero attached hydrogens (tertiary/aromatic N) is 4. The number of aromatic nitrogens is 4. The highest BCUT2D eigenvalue weighted by Gasteiger charge is 2.23. The number of nitrogens with one attached hydrogen (secondary N) is 1. The van der Waals surface area contributed by atoms with Gasteiger partial charge in [-0.05, 0) is 37.6 Å². The largest absolute Gasteiger partial charge is 0.435 e. The third kappa shape index (κ3) is 5.02. The molecule has 3 aromatic rings. The summed E-state index contributed by atoms with van der Waals surface area (Å²) in [6.45, 7) is 0.671. The van der Waals surface area contributed by atoms with E-state index in [1.54, 1.807) is 13.0 Å². The van der Waals surface area contributed by atoms with Crippen molar-refractivity contribution < 1.29 is 22.8 Å². The predicted molar refractivity (Wildman–Crippen MR) is 102 cm³/mol. The maximum atomic E-state index is 12.5. The van der Waals surface area contributed by atoms with Gasteiger partial charge in [0, 0.05) is 11.6 Å². The van der Waals surface area contributed by atoms with Gasteiger partial charge in [-0.1, -0.05) is 23.8 Å². The van der Waals surface area contributed by atoms with Gasteiger partial charge in [0.15, 0.2) is 11.6 Å². The van der Waals surface area contributed by atoms with Crippen LogP contribution in [-0.4, -0.2) is 37.8 Å². The second-order valence-corrected chi connectivity index (χ2v) is 7.08. The Morgan fingerprint density at radius 3 is 2.66 bits per heavy atom. The zero-order chi connectivity index (χ0) is 21.0. The van der Waals surface area contributed by atoms with Gasteiger partial charge >= 0.3 is 6.61 Å². The van der Waals surface area contributed by atoms with Crippen LogP contribution < -0.4 is 15.9 Å². The molecule has 29 heavy (non-hydrogen) atoms. The molecule has 0 bridgehead atoms. The summed E-state index contributed by atoms with van der Waals surface area (Å²) in [6.07, 6.45) is 0.509. The molecule has 0 saturated carbocycles. The summed E-state index contributed by atoms with van der Waals surface area (Å²) in [5.41, 5.74) is 0.559. The van der Waals surface area contributed by atoms with Gasteiger partial charge in [0.25, 0.3) is 0 Å². The zero-order valence-electron chi connectivity index (χ0n) is 15.5. The van der Waals surface area contributed by atoms with Crippen molar-refractivity contribution in [1.82, 2.24) is 20.0 Å². The van der Waals surface area contributed by atoms with Crippen molar-refractivity contribution in [2.75, 3.05) is 11.2 Å². The fourth-order valence-electron chi connectivity index (χ4n) is 2.42. The monoisotopic (exact) mass is 424 g/mol. The van der Waals surface area contributed by atoms with Crippen molar-refractivity contribution in [1.29, 1.82) is 0 Å². The fraction of sp³-hybridized carbons (Fsp3) is 0.294. The van der Waals surface area contributed by atoms with Crippen LogP contribution in [0.25, 0.3) is 11.4 Å². The van der Waals surface area contributed by atoms with E-state index < -0.39 is 11.9 Å². The third-order valence-corrected chi connectivity index (χ3v) is 5.11. The molecule has 0 radical (unpaired) electrons. The minimum atomic E-state index is -2.90. The maximum Gasteiger partial charge on any atom is 0.387 e. The number of benzene rings is 1. The molecule has 3 rings (SSSR count). The van der Waals surface area contributed by atoms with Gasteiger partial charge in [0.05, 0.1) is 5.25 Å². The molecule has 2 heterocycles. The SMILES string of the molecule is CCC(Sc1nnc(-c2ccc(OC(F)F)cc2)n1N)C(=O)Nc1cc(C)on1. The standard InChI is InChI=1S/C17H18F2N6O3S/c1-3-12(15(26)21-13-8-9(2)28-24-13)29-17-23-22-14(25(17)20)10-4-6-11(7-5-10)27-16(18)19/h4-8,12,16H,3,20H2,1-2H3,(H,21,24,26). The van der Waals surface area contributed by atoms with Gasteiger partial charge in [-0.25, -0.2) is 4.68 Å². The lowest BCUT2D eigenvalue weighted by atomic mass is 10.2. The number of rotatable bonds is 8. The second-order valence-electron chi connectivity index (χ2n) is 5.91. The molecule has 1 unspecified atom stereocenters. The number of nitrogens with two attached hydrogens (primary N) is 1. The molecule has 154 valence electrons. The zero-order valence-corrected chi connectivity index (χ0v) is 16.3. The Morgan fingerprint density at radius 2 is 2.07 bits per heavy atom. The highest BCUT2D eigenvalue weighted by molar-refractivity contribution is 8.00. The smallest absolute Gasteiger partial charge is 0.387 e. The summed E-state index contributed by atoms with van der Waals surface area (Å²) in [4.78, 5) is 12.5.